The van der Waals surface area contributed by atoms with E-state index < -0.39 is 10.1 Å². The molecule has 0 bridgehead atoms. The number of hydrogen-bond acceptors (Lipinski definition) is 4. The fraction of sp³-hybridized carbons (Fsp3) is 1.00. The van der Waals surface area contributed by atoms with Crippen LogP contribution < -0.4 is 0 Å². The highest BCUT2D eigenvalue weighted by atomic mass is 32.2. The lowest BCUT2D eigenvalue weighted by atomic mass is 9.43. The summed E-state index contributed by atoms with van der Waals surface area (Å²) in [7, 11) is -3.88. The first-order chi connectivity index (χ1) is 14.0. The summed E-state index contributed by atoms with van der Waals surface area (Å²) < 4.78 is 31.2. The van der Waals surface area contributed by atoms with Crippen LogP contribution in [0.25, 0.3) is 0 Å². The van der Waals surface area contributed by atoms with E-state index >= 15 is 0 Å². The van der Waals surface area contributed by atoms with E-state index in [4.69, 9.17) is 4.55 Å². The van der Waals surface area contributed by atoms with Crippen LogP contribution in [-0.2, 0) is 10.1 Å². The summed E-state index contributed by atoms with van der Waals surface area (Å²) in [4.78, 5) is 0. The van der Waals surface area contributed by atoms with Crippen LogP contribution >= 0.6 is 0 Å². The Morgan fingerprint density at radius 3 is 2.33 bits per heavy atom. The van der Waals surface area contributed by atoms with Crippen LogP contribution in [0.3, 0.4) is 0 Å². The first kappa shape index (κ1) is 23.0. The van der Waals surface area contributed by atoms with Gasteiger partial charge in [0.25, 0.3) is 10.1 Å². The Labute approximate surface area is 182 Å². The van der Waals surface area contributed by atoms with Crippen molar-refractivity contribution in [1.82, 2.24) is 0 Å². The first-order valence-corrected chi connectivity index (χ1v) is 13.9. The molecule has 4 rings (SSSR count). The fourth-order valence-corrected chi connectivity index (χ4v) is 9.50. The highest BCUT2D eigenvalue weighted by molar-refractivity contribution is 7.85. The summed E-state index contributed by atoms with van der Waals surface area (Å²) in [5, 5.41) is 21.5. The van der Waals surface area contributed by atoms with Crippen molar-refractivity contribution in [2.24, 2.45) is 46.3 Å². The molecule has 174 valence electrons. The zero-order valence-corrected chi connectivity index (χ0v) is 19.8. The second kappa shape index (κ2) is 8.00. The summed E-state index contributed by atoms with van der Waals surface area (Å²) in [6.07, 6.45) is 9.31. The Hall–Kier alpha value is -0.170. The van der Waals surface area contributed by atoms with Crippen molar-refractivity contribution in [3.05, 3.63) is 0 Å². The molecule has 0 spiro atoms. The van der Waals surface area contributed by atoms with Gasteiger partial charge in [-0.05, 0) is 111 Å². The van der Waals surface area contributed by atoms with Crippen LogP contribution in [-0.4, -0.2) is 41.1 Å². The van der Waals surface area contributed by atoms with E-state index in [1.54, 1.807) is 0 Å². The van der Waals surface area contributed by atoms with Crippen LogP contribution in [0.4, 0.5) is 0 Å². The molecule has 5 nitrogen and oxygen atoms in total. The molecule has 6 heteroatoms. The Morgan fingerprint density at radius 1 is 0.967 bits per heavy atom. The Morgan fingerprint density at radius 2 is 1.63 bits per heavy atom. The van der Waals surface area contributed by atoms with Crippen molar-refractivity contribution in [3.63, 3.8) is 0 Å². The van der Waals surface area contributed by atoms with Crippen molar-refractivity contribution in [3.8, 4) is 0 Å². The number of aliphatic hydroxyl groups is 2. The summed E-state index contributed by atoms with van der Waals surface area (Å²) in [5.41, 5.74) is 0.473. The Kier molecular flexibility index (Phi) is 6.13. The quantitative estimate of drug-likeness (QED) is 0.552. The highest BCUT2D eigenvalue weighted by Crippen LogP contribution is 2.68. The van der Waals surface area contributed by atoms with Gasteiger partial charge in [0, 0.05) is 0 Å². The molecule has 4 aliphatic rings. The van der Waals surface area contributed by atoms with Gasteiger partial charge in [0.1, 0.15) is 0 Å². The van der Waals surface area contributed by atoms with Crippen molar-refractivity contribution < 1.29 is 23.2 Å². The highest BCUT2D eigenvalue weighted by Gasteiger charge is 2.62. The summed E-state index contributed by atoms with van der Waals surface area (Å²) in [6, 6.07) is 0. The van der Waals surface area contributed by atoms with Gasteiger partial charge in [-0.2, -0.15) is 8.42 Å². The maximum Gasteiger partial charge on any atom is 0.264 e. The summed E-state index contributed by atoms with van der Waals surface area (Å²) >= 11 is 0. The molecule has 0 aromatic rings. The zero-order valence-electron chi connectivity index (χ0n) is 19.0. The Balaban J connectivity index is 1.50. The fourth-order valence-electron chi connectivity index (χ4n) is 8.96. The molecule has 0 aromatic carbocycles. The number of hydrogen-bond donors (Lipinski definition) is 3. The van der Waals surface area contributed by atoms with Gasteiger partial charge in [0.2, 0.25) is 0 Å². The minimum absolute atomic E-state index is 0.140. The van der Waals surface area contributed by atoms with Crippen LogP contribution in [0.1, 0.15) is 85.0 Å². The van der Waals surface area contributed by atoms with Crippen LogP contribution in [0.2, 0.25) is 0 Å². The number of fused-ring (bicyclic) bond motifs is 5. The van der Waals surface area contributed by atoms with E-state index in [2.05, 4.69) is 20.8 Å². The molecule has 0 saturated heterocycles. The second-order valence-electron chi connectivity index (χ2n) is 11.9. The molecule has 3 N–H and O–H groups in total. The molecule has 4 fully saturated rings. The van der Waals surface area contributed by atoms with Crippen molar-refractivity contribution >= 4 is 10.1 Å². The summed E-state index contributed by atoms with van der Waals surface area (Å²) in [6.45, 7) is 7.14. The smallest absolute Gasteiger partial charge is 0.264 e. The average Bonchev–Trinajstić information content (AvgIpc) is 2.99. The molecule has 30 heavy (non-hydrogen) atoms. The van der Waals surface area contributed by atoms with Gasteiger partial charge < -0.3 is 10.2 Å². The maximum atomic E-state index is 11.3. The first-order valence-electron chi connectivity index (χ1n) is 12.3. The number of aliphatic hydroxyl groups excluding tert-OH is 2. The molecule has 0 unspecified atom stereocenters. The van der Waals surface area contributed by atoms with Gasteiger partial charge >= 0.3 is 0 Å². The monoisotopic (exact) mass is 442 g/mol. The van der Waals surface area contributed by atoms with Gasteiger partial charge in [0.15, 0.2) is 0 Å². The molecule has 4 aliphatic carbocycles. The lowest BCUT2D eigenvalue weighted by Gasteiger charge is -2.62. The minimum atomic E-state index is -3.88. The van der Waals surface area contributed by atoms with Gasteiger partial charge in [-0.1, -0.05) is 20.8 Å². The maximum absolute atomic E-state index is 11.3. The molecule has 0 radical (unpaired) electrons. The molecule has 0 aromatic heterocycles. The lowest BCUT2D eigenvalue weighted by Crippen LogP contribution is -2.58. The van der Waals surface area contributed by atoms with Gasteiger partial charge in [-0.25, -0.2) is 0 Å². The third-order valence-electron chi connectivity index (χ3n) is 10.5. The van der Waals surface area contributed by atoms with Crippen molar-refractivity contribution in [2.45, 2.75) is 97.2 Å². The number of rotatable bonds is 5. The molecule has 0 heterocycles. The van der Waals surface area contributed by atoms with Crippen molar-refractivity contribution in [2.75, 3.05) is 5.75 Å². The third-order valence-corrected chi connectivity index (χ3v) is 11.3. The van der Waals surface area contributed by atoms with Gasteiger partial charge in [-0.15, -0.1) is 0 Å². The molecular weight excluding hydrogens is 400 g/mol. The molecular formula is C24H42O5S. The zero-order chi connectivity index (χ0) is 21.9. The summed E-state index contributed by atoms with van der Waals surface area (Å²) in [5.74, 6) is 2.78. The van der Waals surface area contributed by atoms with E-state index in [9.17, 15) is 18.6 Å². The van der Waals surface area contributed by atoms with Crippen LogP contribution in [0, 0.1) is 46.3 Å². The van der Waals surface area contributed by atoms with E-state index in [1.807, 2.05) is 0 Å². The second-order valence-corrected chi connectivity index (χ2v) is 13.4. The van der Waals surface area contributed by atoms with Gasteiger partial charge in [0.05, 0.1) is 18.0 Å². The lowest BCUT2D eigenvalue weighted by molar-refractivity contribution is -0.174. The predicted octanol–water partition coefficient (Wildman–Crippen LogP) is 4.28. The standard InChI is InChI=1S/C24H42O5S/c1-15(5-4-12-30(27,28)29)18-6-7-19-22-20(9-11-24(18,19)3)23(2)10-8-17(25)13-16(23)14-21(22)26/h15-22,25-26H,4-14H2,1-3H3,(H,27,28,29)/t15-,16+,17-,18-,19+,20+,21+,22+,23+,24-/m1/s1. The van der Waals surface area contributed by atoms with E-state index in [1.165, 1.54) is 25.7 Å². The van der Waals surface area contributed by atoms with Crippen LogP contribution in [0.15, 0.2) is 0 Å². The van der Waals surface area contributed by atoms with Crippen LogP contribution in [0.5, 0.6) is 0 Å². The topological polar surface area (TPSA) is 94.8 Å². The largest absolute Gasteiger partial charge is 0.393 e. The minimum Gasteiger partial charge on any atom is -0.393 e. The third kappa shape index (κ3) is 3.88. The van der Waals surface area contributed by atoms with E-state index in [0.29, 0.717) is 41.9 Å². The molecule has 0 aliphatic heterocycles. The predicted molar refractivity (Wildman–Crippen MR) is 117 cm³/mol. The van der Waals surface area contributed by atoms with Crippen molar-refractivity contribution in [1.29, 1.82) is 0 Å². The molecule has 4 saturated carbocycles. The Bertz CT molecular complexity index is 738. The van der Waals surface area contributed by atoms with Gasteiger partial charge in [-0.3, -0.25) is 4.55 Å². The normalized spacial score (nSPS) is 49.7. The van der Waals surface area contributed by atoms with E-state index in [-0.39, 0.29) is 28.8 Å². The van der Waals surface area contributed by atoms with E-state index in [0.717, 1.165) is 32.1 Å². The molecule has 0 amide bonds. The average molecular weight is 443 g/mol. The molecule has 10 atom stereocenters. The SMILES string of the molecule is C[C@H](CCCS(=O)(=O)O)[C@H]1CC[C@H]2[C@@H]3[C@@H](O)C[C@@H]4C[C@H](O)CC[C@]4(C)[C@H]3CC[C@]12C.